The van der Waals surface area contributed by atoms with Gasteiger partial charge in [0, 0.05) is 24.0 Å². The fraction of sp³-hybridized carbons (Fsp3) is 0.350. The van der Waals surface area contributed by atoms with Crippen LogP contribution in [0.4, 0.5) is 24.7 Å². The Bertz CT molecular complexity index is 1030. The summed E-state index contributed by atoms with van der Waals surface area (Å²) < 4.78 is 36.7. The smallest absolute Gasteiger partial charge is 0.475 e. The van der Waals surface area contributed by atoms with Crippen molar-refractivity contribution in [1.29, 1.82) is 0 Å². The molecule has 13 heteroatoms. The first-order chi connectivity index (χ1) is 15.4. The molecule has 0 saturated carbocycles. The molecule has 2 aromatic rings. The van der Waals surface area contributed by atoms with E-state index in [-0.39, 0.29) is 23.9 Å². The SMILES string of the molecule is CCN(CC(=O)OC(=O)c1ccc2c(c1)NC(C(C)=O)C2)c1cscn1.O=C(O)C(F)(F)F. The van der Waals surface area contributed by atoms with Gasteiger partial charge in [-0.15, -0.1) is 11.3 Å². The van der Waals surface area contributed by atoms with Crippen LogP contribution in [0.25, 0.3) is 0 Å². The van der Waals surface area contributed by atoms with Gasteiger partial charge in [0.1, 0.15) is 12.4 Å². The van der Waals surface area contributed by atoms with Gasteiger partial charge in [0.15, 0.2) is 5.78 Å². The molecule has 2 N–H and O–H groups in total. The number of carbonyl (C=O) groups is 4. The van der Waals surface area contributed by atoms with Gasteiger partial charge in [-0.05, 0) is 31.5 Å². The van der Waals surface area contributed by atoms with E-state index in [1.807, 2.05) is 12.3 Å². The number of carboxylic acids is 1. The van der Waals surface area contributed by atoms with Crippen LogP contribution >= 0.6 is 11.3 Å². The number of anilines is 2. The number of hydrogen-bond acceptors (Lipinski definition) is 9. The normalized spacial score (nSPS) is 14.3. The second kappa shape index (κ2) is 10.9. The number of ketones is 1. The Morgan fingerprint density at radius 2 is 1.97 bits per heavy atom. The molecule has 1 aromatic heterocycles. The Morgan fingerprint density at radius 1 is 1.30 bits per heavy atom. The second-order valence-electron chi connectivity index (χ2n) is 6.81. The van der Waals surface area contributed by atoms with Crippen LogP contribution in [0.2, 0.25) is 0 Å². The van der Waals surface area contributed by atoms with Crippen molar-refractivity contribution < 1.29 is 42.2 Å². The number of nitrogens with zero attached hydrogens (tertiary/aromatic N) is 2. The highest BCUT2D eigenvalue weighted by atomic mass is 32.1. The van der Waals surface area contributed by atoms with E-state index < -0.39 is 24.1 Å². The zero-order valence-electron chi connectivity index (χ0n) is 17.5. The van der Waals surface area contributed by atoms with E-state index in [0.717, 1.165) is 11.3 Å². The number of ether oxygens (including phenoxy) is 1. The minimum absolute atomic E-state index is 0.0437. The number of carboxylic acid groups (broad SMARTS) is 1. The standard InChI is InChI=1S/C18H19N3O4S.C2HF3O2/c1-3-21(16-9-26-10-19-16)8-17(23)25-18(24)13-5-4-12-6-14(11(2)22)20-15(12)7-13;3-2(4,5)1(6)7/h4-5,7,9-10,14,20H,3,6,8H2,1-2H3;(H,6,7). The summed E-state index contributed by atoms with van der Waals surface area (Å²) in [6, 6.07) is 4.73. The Morgan fingerprint density at radius 3 is 2.48 bits per heavy atom. The van der Waals surface area contributed by atoms with Crippen LogP contribution in [0.1, 0.15) is 29.8 Å². The largest absolute Gasteiger partial charge is 0.490 e. The Hall–Kier alpha value is -3.48. The molecule has 0 saturated heterocycles. The lowest BCUT2D eigenvalue weighted by Crippen LogP contribution is -2.32. The van der Waals surface area contributed by atoms with Crippen molar-refractivity contribution in [2.45, 2.75) is 32.5 Å². The van der Waals surface area contributed by atoms with Crippen molar-refractivity contribution in [1.82, 2.24) is 4.98 Å². The lowest BCUT2D eigenvalue weighted by molar-refractivity contribution is -0.192. The number of fused-ring (bicyclic) bond motifs is 1. The number of hydrogen-bond donors (Lipinski definition) is 2. The summed E-state index contributed by atoms with van der Waals surface area (Å²) in [5, 5.41) is 12.0. The molecular weight excluding hydrogens is 467 g/mol. The number of nitrogens with one attached hydrogen (secondary N) is 1. The van der Waals surface area contributed by atoms with Crippen molar-refractivity contribution in [3.8, 4) is 0 Å². The van der Waals surface area contributed by atoms with Gasteiger partial charge in [0.25, 0.3) is 0 Å². The lowest BCUT2D eigenvalue weighted by atomic mass is 10.1. The summed E-state index contributed by atoms with van der Waals surface area (Å²) in [6.07, 6.45) is -4.49. The molecule has 33 heavy (non-hydrogen) atoms. The number of thiazole rings is 1. The van der Waals surface area contributed by atoms with Crippen LogP contribution in [0.5, 0.6) is 0 Å². The molecule has 1 aromatic carbocycles. The molecule has 0 aliphatic carbocycles. The highest BCUT2D eigenvalue weighted by Gasteiger charge is 2.38. The third-order valence-electron chi connectivity index (χ3n) is 4.48. The molecule has 9 nitrogen and oxygen atoms in total. The van der Waals surface area contributed by atoms with Crippen molar-refractivity contribution in [2.24, 2.45) is 0 Å². The van der Waals surface area contributed by atoms with Crippen LogP contribution in [-0.4, -0.2) is 59.1 Å². The van der Waals surface area contributed by atoms with Gasteiger partial charge in [-0.25, -0.2) is 19.4 Å². The van der Waals surface area contributed by atoms with Crippen molar-refractivity contribution in [3.63, 3.8) is 0 Å². The molecule has 2 heterocycles. The number of rotatable bonds is 6. The summed E-state index contributed by atoms with van der Waals surface area (Å²) in [5.74, 6) is -3.38. The summed E-state index contributed by atoms with van der Waals surface area (Å²) in [5.41, 5.74) is 3.64. The number of carbonyl (C=O) groups excluding carboxylic acids is 3. The molecule has 1 aliphatic rings. The van der Waals surface area contributed by atoms with Gasteiger partial charge in [-0.2, -0.15) is 13.2 Å². The molecular formula is C20H20F3N3O6S. The number of likely N-dealkylation sites (N-methyl/N-ethyl adjacent to an activating group) is 1. The monoisotopic (exact) mass is 487 g/mol. The van der Waals surface area contributed by atoms with E-state index in [1.165, 1.54) is 18.3 Å². The Balaban J connectivity index is 0.000000479. The molecule has 1 aliphatic heterocycles. The first-order valence-electron chi connectivity index (χ1n) is 9.50. The highest BCUT2D eigenvalue weighted by Crippen LogP contribution is 2.27. The fourth-order valence-corrected chi connectivity index (χ4v) is 3.35. The van der Waals surface area contributed by atoms with Gasteiger partial charge in [-0.3, -0.25) is 4.79 Å². The second-order valence-corrected chi connectivity index (χ2v) is 7.53. The average molecular weight is 487 g/mol. The van der Waals surface area contributed by atoms with Crippen molar-refractivity contribution in [2.75, 3.05) is 23.3 Å². The molecule has 1 unspecified atom stereocenters. The molecule has 0 bridgehead atoms. The van der Waals surface area contributed by atoms with Crippen LogP contribution in [0.3, 0.4) is 0 Å². The average Bonchev–Trinajstić information content (AvgIpc) is 3.41. The molecule has 178 valence electrons. The van der Waals surface area contributed by atoms with Crippen LogP contribution in [-0.2, 0) is 25.5 Å². The molecule has 1 atom stereocenters. The first-order valence-corrected chi connectivity index (χ1v) is 10.4. The maximum atomic E-state index is 12.3. The van der Waals surface area contributed by atoms with E-state index in [1.54, 1.807) is 28.6 Å². The first kappa shape index (κ1) is 25.8. The number of benzene rings is 1. The number of halogens is 3. The van der Waals surface area contributed by atoms with E-state index in [9.17, 15) is 27.6 Å². The van der Waals surface area contributed by atoms with Crippen LogP contribution in [0.15, 0.2) is 29.1 Å². The van der Waals surface area contributed by atoms with Gasteiger partial charge >= 0.3 is 24.1 Å². The van der Waals surface area contributed by atoms with Gasteiger partial charge in [-0.1, -0.05) is 6.07 Å². The van der Waals surface area contributed by atoms with Crippen molar-refractivity contribution >= 4 is 46.5 Å². The van der Waals surface area contributed by atoms with Gasteiger partial charge in [0.05, 0.1) is 17.1 Å². The van der Waals surface area contributed by atoms with E-state index in [4.69, 9.17) is 14.6 Å². The maximum absolute atomic E-state index is 12.3. The predicted molar refractivity (Wildman–Crippen MR) is 112 cm³/mol. The Kier molecular flexibility index (Phi) is 8.51. The van der Waals surface area contributed by atoms with Crippen LogP contribution in [0, 0.1) is 0 Å². The van der Waals surface area contributed by atoms with E-state index >= 15 is 0 Å². The fourth-order valence-electron chi connectivity index (χ4n) is 2.79. The van der Waals surface area contributed by atoms with E-state index in [0.29, 0.717) is 18.8 Å². The summed E-state index contributed by atoms with van der Waals surface area (Å²) in [6.45, 7) is 3.94. The third-order valence-corrected chi connectivity index (χ3v) is 5.06. The quantitative estimate of drug-likeness (QED) is 0.467. The molecule has 3 rings (SSSR count). The summed E-state index contributed by atoms with van der Waals surface area (Å²) in [7, 11) is 0. The molecule has 0 radical (unpaired) electrons. The molecule has 0 fully saturated rings. The number of aromatic nitrogens is 1. The topological polar surface area (TPSA) is 126 Å². The number of esters is 2. The van der Waals surface area contributed by atoms with Crippen molar-refractivity contribution in [3.05, 3.63) is 40.2 Å². The zero-order valence-corrected chi connectivity index (χ0v) is 18.3. The number of Topliss-reactive ketones (excluding diaryl/α,β-unsaturated/α-hetero) is 1. The highest BCUT2D eigenvalue weighted by molar-refractivity contribution is 7.07. The third kappa shape index (κ3) is 7.27. The maximum Gasteiger partial charge on any atom is 0.490 e. The summed E-state index contributed by atoms with van der Waals surface area (Å²) >= 11 is 1.43. The van der Waals surface area contributed by atoms with Gasteiger partial charge in [0.2, 0.25) is 0 Å². The predicted octanol–water partition coefficient (Wildman–Crippen LogP) is 2.91. The Labute approximate surface area is 190 Å². The van der Waals surface area contributed by atoms with Gasteiger partial charge < -0.3 is 20.1 Å². The van der Waals surface area contributed by atoms with E-state index in [2.05, 4.69) is 10.3 Å². The minimum Gasteiger partial charge on any atom is -0.475 e. The van der Waals surface area contributed by atoms with Crippen LogP contribution < -0.4 is 10.2 Å². The number of alkyl halides is 3. The lowest BCUT2D eigenvalue weighted by Gasteiger charge is -2.18. The summed E-state index contributed by atoms with van der Waals surface area (Å²) in [4.78, 5) is 50.6. The molecule has 0 spiro atoms. The minimum atomic E-state index is -5.08. The zero-order chi connectivity index (χ0) is 24.8. The molecule has 0 amide bonds. The number of aliphatic carboxylic acids is 1.